The molecule has 1 rings (SSSR count). The second-order valence-electron chi connectivity index (χ2n) is 4.57. The topological polar surface area (TPSA) is 72.2 Å². The Morgan fingerprint density at radius 2 is 2.00 bits per heavy atom. The second-order valence-corrected chi connectivity index (χ2v) is 6.66. The predicted octanol–water partition coefficient (Wildman–Crippen LogP) is 2.64. The molecule has 0 aliphatic rings. The summed E-state index contributed by atoms with van der Waals surface area (Å²) in [5.41, 5.74) is 5.99. The lowest BCUT2D eigenvalue weighted by Crippen LogP contribution is -2.38. The van der Waals surface area contributed by atoms with Crippen molar-refractivity contribution < 1.29 is 8.42 Å². The number of rotatable bonds is 5. The van der Waals surface area contributed by atoms with Crippen LogP contribution in [0.1, 0.15) is 27.2 Å². The lowest BCUT2D eigenvalue weighted by atomic mass is 10.0. The summed E-state index contributed by atoms with van der Waals surface area (Å²) in [7, 11) is -3.60. The molecule has 102 valence electrons. The highest BCUT2D eigenvalue weighted by Gasteiger charge is 2.23. The highest BCUT2D eigenvalue weighted by molar-refractivity contribution is 7.89. The third-order valence-electron chi connectivity index (χ3n) is 2.80. The van der Waals surface area contributed by atoms with E-state index in [1.54, 1.807) is 0 Å². The summed E-state index contributed by atoms with van der Waals surface area (Å²) in [6, 6.07) is 4.28. The molecule has 0 bridgehead atoms. The zero-order chi connectivity index (χ0) is 13.9. The predicted molar refractivity (Wildman–Crippen MR) is 75.1 cm³/mol. The molecule has 1 atom stereocenters. The minimum atomic E-state index is -3.60. The van der Waals surface area contributed by atoms with E-state index in [1.165, 1.54) is 18.2 Å². The lowest BCUT2D eigenvalue weighted by Gasteiger charge is -2.21. The Balaban J connectivity index is 3.06. The van der Waals surface area contributed by atoms with Crippen molar-refractivity contribution >= 4 is 27.3 Å². The minimum Gasteiger partial charge on any atom is -0.399 e. The van der Waals surface area contributed by atoms with E-state index in [0.29, 0.717) is 5.69 Å². The number of sulfonamides is 1. The number of hydrogen-bond acceptors (Lipinski definition) is 3. The Bertz CT molecular complexity index is 515. The zero-order valence-corrected chi connectivity index (χ0v) is 12.3. The fraction of sp³-hybridized carbons (Fsp3) is 0.500. The SMILES string of the molecule is CCC(NS(=O)(=O)c1ccc(N)cc1Cl)C(C)C. The summed E-state index contributed by atoms with van der Waals surface area (Å²) < 4.78 is 27.1. The largest absolute Gasteiger partial charge is 0.399 e. The van der Waals surface area contributed by atoms with Crippen LogP contribution in [0.15, 0.2) is 23.1 Å². The van der Waals surface area contributed by atoms with Gasteiger partial charge in [-0.25, -0.2) is 13.1 Å². The summed E-state index contributed by atoms with van der Waals surface area (Å²) in [5, 5.41) is 0.140. The van der Waals surface area contributed by atoms with Crippen LogP contribution in [-0.2, 0) is 10.0 Å². The molecule has 0 amide bonds. The second kappa shape index (κ2) is 5.91. The van der Waals surface area contributed by atoms with Crippen molar-refractivity contribution in [3.05, 3.63) is 23.2 Å². The standard InChI is InChI=1S/C12H19ClN2O2S/c1-4-11(8(2)3)15-18(16,17)12-6-5-9(14)7-10(12)13/h5-8,11,15H,4,14H2,1-3H3. The average Bonchev–Trinajstić information content (AvgIpc) is 2.24. The molecule has 0 aliphatic heterocycles. The van der Waals surface area contributed by atoms with Crippen molar-refractivity contribution in [2.75, 3.05) is 5.73 Å². The van der Waals surface area contributed by atoms with Crippen molar-refractivity contribution in [2.45, 2.75) is 38.1 Å². The molecule has 1 aromatic rings. The highest BCUT2D eigenvalue weighted by Crippen LogP contribution is 2.24. The number of halogens is 1. The van der Waals surface area contributed by atoms with E-state index >= 15 is 0 Å². The molecule has 4 nitrogen and oxygen atoms in total. The molecule has 6 heteroatoms. The van der Waals surface area contributed by atoms with Crippen molar-refractivity contribution in [3.8, 4) is 0 Å². The first-order chi connectivity index (χ1) is 8.27. The maximum atomic E-state index is 12.2. The van der Waals surface area contributed by atoms with Gasteiger partial charge in [0.05, 0.1) is 5.02 Å². The molecule has 0 aromatic heterocycles. The first-order valence-corrected chi connectivity index (χ1v) is 7.71. The van der Waals surface area contributed by atoms with E-state index in [-0.39, 0.29) is 21.9 Å². The van der Waals surface area contributed by atoms with Crippen LogP contribution >= 0.6 is 11.6 Å². The van der Waals surface area contributed by atoms with Gasteiger partial charge in [0.25, 0.3) is 0 Å². The van der Waals surface area contributed by atoms with E-state index in [4.69, 9.17) is 17.3 Å². The van der Waals surface area contributed by atoms with Gasteiger partial charge in [-0.1, -0.05) is 32.4 Å². The Morgan fingerprint density at radius 3 is 2.44 bits per heavy atom. The summed E-state index contributed by atoms with van der Waals surface area (Å²) >= 11 is 5.92. The van der Waals surface area contributed by atoms with Gasteiger partial charge in [0.2, 0.25) is 10.0 Å². The highest BCUT2D eigenvalue weighted by atomic mass is 35.5. The molecule has 3 N–H and O–H groups in total. The number of nitrogen functional groups attached to an aromatic ring is 1. The number of nitrogens with one attached hydrogen (secondary N) is 1. The first kappa shape index (κ1) is 15.3. The fourth-order valence-electron chi connectivity index (χ4n) is 1.69. The normalized spacial score (nSPS) is 13.8. The van der Waals surface area contributed by atoms with Gasteiger partial charge in [-0.15, -0.1) is 0 Å². The van der Waals surface area contributed by atoms with Gasteiger partial charge in [-0.05, 0) is 30.5 Å². The molecule has 1 aromatic carbocycles. The van der Waals surface area contributed by atoms with E-state index in [2.05, 4.69) is 4.72 Å². The monoisotopic (exact) mass is 290 g/mol. The Hall–Kier alpha value is -0.780. The molecule has 0 saturated carbocycles. The quantitative estimate of drug-likeness (QED) is 0.819. The molecule has 0 fully saturated rings. The van der Waals surface area contributed by atoms with Crippen molar-refractivity contribution in [2.24, 2.45) is 5.92 Å². The fourth-order valence-corrected chi connectivity index (χ4v) is 3.71. The van der Waals surface area contributed by atoms with Crippen LogP contribution < -0.4 is 10.5 Å². The smallest absolute Gasteiger partial charge is 0.242 e. The van der Waals surface area contributed by atoms with Gasteiger partial charge in [0.15, 0.2) is 0 Å². The number of hydrogen-bond donors (Lipinski definition) is 2. The molecule has 18 heavy (non-hydrogen) atoms. The van der Waals surface area contributed by atoms with E-state index in [0.717, 1.165) is 6.42 Å². The first-order valence-electron chi connectivity index (χ1n) is 5.85. The summed E-state index contributed by atoms with van der Waals surface area (Å²) in [6.45, 7) is 5.89. The zero-order valence-electron chi connectivity index (χ0n) is 10.8. The summed E-state index contributed by atoms with van der Waals surface area (Å²) in [6.07, 6.45) is 0.726. The van der Waals surface area contributed by atoms with Gasteiger partial charge in [-0.3, -0.25) is 0 Å². The third-order valence-corrected chi connectivity index (χ3v) is 4.77. The molecule has 0 radical (unpaired) electrons. The van der Waals surface area contributed by atoms with E-state index in [1.807, 2.05) is 20.8 Å². The molecule has 0 spiro atoms. The van der Waals surface area contributed by atoms with Crippen LogP contribution in [0.5, 0.6) is 0 Å². The van der Waals surface area contributed by atoms with Crippen LogP contribution in [-0.4, -0.2) is 14.5 Å². The van der Waals surface area contributed by atoms with Crippen LogP contribution in [0.4, 0.5) is 5.69 Å². The van der Waals surface area contributed by atoms with Crippen LogP contribution in [0.2, 0.25) is 5.02 Å². The lowest BCUT2D eigenvalue weighted by molar-refractivity contribution is 0.437. The summed E-state index contributed by atoms with van der Waals surface area (Å²) in [5.74, 6) is 0.220. The molecular weight excluding hydrogens is 272 g/mol. The van der Waals surface area contributed by atoms with Crippen molar-refractivity contribution in [1.82, 2.24) is 4.72 Å². The van der Waals surface area contributed by atoms with Gasteiger partial charge >= 0.3 is 0 Å². The Kier molecular flexibility index (Phi) is 5.01. The van der Waals surface area contributed by atoms with E-state index < -0.39 is 10.0 Å². The van der Waals surface area contributed by atoms with Crippen LogP contribution in [0, 0.1) is 5.92 Å². The van der Waals surface area contributed by atoms with Crippen LogP contribution in [0.3, 0.4) is 0 Å². The van der Waals surface area contributed by atoms with Gasteiger partial charge in [0.1, 0.15) is 4.90 Å². The van der Waals surface area contributed by atoms with Crippen molar-refractivity contribution in [1.29, 1.82) is 0 Å². The Labute approximate surface area is 114 Å². The van der Waals surface area contributed by atoms with Crippen LogP contribution in [0.25, 0.3) is 0 Å². The molecule has 0 heterocycles. The molecule has 0 saturated heterocycles. The molecule has 1 unspecified atom stereocenters. The van der Waals surface area contributed by atoms with Gasteiger partial charge in [-0.2, -0.15) is 0 Å². The number of benzene rings is 1. The maximum absolute atomic E-state index is 12.2. The minimum absolute atomic E-state index is 0.0671. The van der Waals surface area contributed by atoms with Gasteiger partial charge in [0, 0.05) is 11.7 Å². The Morgan fingerprint density at radius 1 is 1.39 bits per heavy atom. The molecule has 0 aliphatic carbocycles. The van der Waals surface area contributed by atoms with E-state index in [9.17, 15) is 8.42 Å². The summed E-state index contributed by atoms with van der Waals surface area (Å²) in [4.78, 5) is 0.0671. The number of anilines is 1. The van der Waals surface area contributed by atoms with Gasteiger partial charge < -0.3 is 5.73 Å². The van der Waals surface area contributed by atoms with Crippen molar-refractivity contribution in [3.63, 3.8) is 0 Å². The average molecular weight is 291 g/mol. The molecular formula is C12H19ClN2O2S. The number of nitrogens with two attached hydrogens (primary N) is 1. The maximum Gasteiger partial charge on any atom is 0.242 e. The third kappa shape index (κ3) is 3.60.